The van der Waals surface area contributed by atoms with E-state index < -0.39 is 0 Å². The summed E-state index contributed by atoms with van der Waals surface area (Å²) in [4.78, 5) is 14.2. The van der Waals surface area contributed by atoms with Gasteiger partial charge in [0.2, 0.25) is 5.91 Å². The smallest absolute Gasteiger partial charge is 0.217 e. The van der Waals surface area contributed by atoms with Crippen LogP contribution >= 0.6 is 0 Å². The molecule has 6 heteroatoms. The molecule has 0 bridgehead atoms. The van der Waals surface area contributed by atoms with Crippen LogP contribution in [0.4, 0.5) is 0 Å². The van der Waals surface area contributed by atoms with Crippen molar-refractivity contribution in [2.75, 3.05) is 33.3 Å². The van der Waals surface area contributed by atoms with E-state index in [2.05, 4.69) is 33.7 Å². The molecule has 2 saturated heterocycles. The quantitative estimate of drug-likeness (QED) is 0.784. The average Bonchev–Trinajstić information content (AvgIpc) is 3.32. The van der Waals surface area contributed by atoms with E-state index in [1.165, 1.54) is 18.4 Å². The fourth-order valence-electron chi connectivity index (χ4n) is 5.16. The second-order valence-corrected chi connectivity index (χ2v) is 8.66. The van der Waals surface area contributed by atoms with Crippen LogP contribution in [0.5, 0.6) is 11.5 Å². The van der Waals surface area contributed by atoms with Crippen LogP contribution in [0.3, 0.4) is 0 Å². The van der Waals surface area contributed by atoms with Gasteiger partial charge >= 0.3 is 0 Å². The highest BCUT2D eigenvalue weighted by Gasteiger charge is 2.46. The van der Waals surface area contributed by atoms with E-state index in [9.17, 15) is 4.79 Å². The molecule has 0 unspecified atom stereocenters. The molecule has 0 spiro atoms. The Labute approximate surface area is 168 Å². The number of likely N-dealkylation sites (tertiary alicyclic amines) is 1. The van der Waals surface area contributed by atoms with Crippen molar-refractivity contribution >= 4 is 5.91 Å². The Hall–Kier alpha value is -1.79. The zero-order valence-electron chi connectivity index (χ0n) is 17.1. The Balaban J connectivity index is 1.40. The predicted molar refractivity (Wildman–Crippen MR) is 109 cm³/mol. The molecule has 6 nitrogen and oxygen atoms in total. The number of amides is 1. The number of fused-ring (bicyclic) bond motifs is 1. The number of hydrogen-bond donors (Lipinski definition) is 2. The zero-order valence-corrected chi connectivity index (χ0v) is 17.1. The molecule has 1 aromatic rings. The fourth-order valence-corrected chi connectivity index (χ4v) is 5.16. The van der Waals surface area contributed by atoms with Gasteiger partial charge in [-0.3, -0.25) is 9.69 Å². The van der Waals surface area contributed by atoms with E-state index in [1.807, 2.05) is 0 Å². The van der Waals surface area contributed by atoms with Gasteiger partial charge in [0, 0.05) is 45.6 Å². The molecule has 28 heavy (non-hydrogen) atoms. The molecule has 1 amide bonds. The molecule has 0 radical (unpaired) electrons. The van der Waals surface area contributed by atoms with Gasteiger partial charge < -0.3 is 20.1 Å². The highest BCUT2D eigenvalue weighted by Crippen LogP contribution is 2.35. The minimum atomic E-state index is -0.0704. The van der Waals surface area contributed by atoms with Crippen molar-refractivity contribution in [1.29, 1.82) is 0 Å². The first-order chi connectivity index (χ1) is 13.6. The Morgan fingerprint density at radius 3 is 2.89 bits per heavy atom. The number of ether oxygens (including phenoxy) is 2. The van der Waals surface area contributed by atoms with Crippen molar-refractivity contribution in [1.82, 2.24) is 15.5 Å². The Morgan fingerprint density at radius 1 is 1.32 bits per heavy atom. The third-order valence-electron chi connectivity index (χ3n) is 6.62. The lowest BCUT2D eigenvalue weighted by molar-refractivity contribution is -0.121. The molecule has 0 aromatic heterocycles. The number of piperidine rings is 1. The first kappa shape index (κ1) is 19.5. The molecular weight excluding hydrogens is 354 g/mol. The van der Waals surface area contributed by atoms with Crippen molar-refractivity contribution in [2.24, 2.45) is 5.92 Å². The lowest BCUT2D eigenvalue weighted by Gasteiger charge is -2.44. The van der Waals surface area contributed by atoms with E-state index in [0.29, 0.717) is 12.0 Å². The van der Waals surface area contributed by atoms with E-state index in [4.69, 9.17) is 9.47 Å². The monoisotopic (exact) mass is 387 g/mol. The van der Waals surface area contributed by atoms with E-state index in [1.54, 1.807) is 14.0 Å². The van der Waals surface area contributed by atoms with Gasteiger partial charge in [0.25, 0.3) is 0 Å². The van der Waals surface area contributed by atoms with Crippen LogP contribution in [0.2, 0.25) is 0 Å². The van der Waals surface area contributed by atoms with Gasteiger partial charge in [-0.15, -0.1) is 0 Å². The third-order valence-corrected chi connectivity index (χ3v) is 6.62. The van der Waals surface area contributed by atoms with E-state index >= 15 is 0 Å². The number of methoxy groups -OCH3 is 1. The van der Waals surface area contributed by atoms with Crippen molar-refractivity contribution in [3.63, 3.8) is 0 Å². The van der Waals surface area contributed by atoms with E-state index in [0.717, 1.165) is 63.5 Å². The van der Waals surface area contributed by atoms with Crippen molar-refractivity contribution in [3.05, 3.63) is 23.8 Å². The standard InChI is InChI=1S/C22H33N3O3/c1-16(26)24-22-9-10-25(14-18(22)12-23-15-22)13-17-7-8-20(21(11-17)27-2)28-19-5-3-4-6-19/h7-8,11,18-19,23H,3-6,9-10,12-15H2,1-2H3,(H,24,26)/t18-,22+/m0/s1. The van der Waals surface area contributed by atoms with Crippen LogP contribution in [-0.2, 0) is 11.3 Å². The summed E-state index contributed by atoms with van der Waals surface area (Å²) in [5.41, 5.74) is 1.17. The van der Waals surface area contributed by atoms with Gasteiger partial charge in [-0.05, 0) is 49.8 Å². The summed E-state index contributed by atoms with van der Waals surface area (Å²) in [5.74, 6) is 2.22. The SMILES string of the molecule is COc1cc(CN2CC[C@@]3(NC(C)=O)CNC[C@H]3C2)ccc1OC1CCCC1. The number of benzene rings is 1. The number of carbonyl (C=O) groups excluding carboxylic acids is 1. The van der Waals surface area contributed by atoms with E-state index in [-0.39, 0.29) is 11.4 Å². The maximum Gasteiger partial charge on any atom is 0.217 e. The van der Waals surface area contributed by atoms with Gasteiger partial charge in [0.1, 0.15) is 0 Å². The van der Waals surface area contributed by atoms with Gasteiger partial charge in [-0.2, -0.15) is 0 Å². The summed E-state index contributed by atoms with van der Waals surface area (Å²) < 4.78 is 11.8. The molecule has 1 saturated carbocycles. The number of carbonyl (C=O) groups is 1. The summed E-state index contributed by atoms with van der Waals surface area (Å²) in [5, 5.41) is 6.71. The van der Waals surface area contributed by atoms with Crippen LogP contribution in [0.15, 0.2) is 18.2 Å². The number of nitrogens with one attached hydrogen (secondary N) is 2. The molecule has 3 fully saturated rings. The van der Waals surface area contributed by atoms with Crippen LogP contribution in [0, 0.1) is 5.92 Å². The van der Waals surface area contributed by atoms with Gasteiger partial charge in [0.05, 0.1) is 18.8 Å². The van der Waals surface area contributed by atoms with Crippen LogP contribution in [0.1, 0.15) is 44.6 Å². The van der Waals surface area contributed by atoms with Crippen molar-refractivity contribution in [2.45, 2.75) is 57.2 Å². The summed E-state index contributed by atoms with van der Waals surface area (Å²) in [7, 11) is 1.72. The largest absolute Gasteiger partial charge is 0.493 e. The average molecular weight is 388 g/mol. The van der Waals surface area contributed by atoms with Crippen LogP contribution in [-0.4, -0.2) is 55.7 Å². The summed E-state index contributed by atoms with van der Waals surface area (Å²) in [6.07, 6.45) is 6.13. The number of nitrogens with zero attached hydrogens (tertiary/aromatic N) is 1. The molecule has 1 aromatic carbocycles. The maximum atomic E-state index is 11.7. The molecule has 2 aliphatic heterocycles. The van der Waals surface area contributed by atoms with Gasteiger partial charge in [0.15, 0.2) is 11.5 Å². The first-order valence-corrected chi connectivity index (χ1v) is 10.6. The van der Waals surface area contributed by atoms with Gasteiger partial charge in [-0.25, -0.2) is 0 Å². The topological polar surface area (TPSA) is 62.8 Å². The number of hydrogen-bond acceptors (Lipinski definition) is 5. The summed E-state index contributed by atoms with van der Waals surface area (Å²) >= 11 is 0. The summed E-state index contributed by atoms with van der Waals surface area (Å²) in [6, 6.07) is 6.34. The normalized spacial score (nSPS) is 28.1. The highest BCUT2D eigenvalue weighted by atomic mass is 16.5. The second-order valence-electron chi connectivity index (χ2n) is 8.66. The molecule has 1 aliphatic carbocycles. The second kappa shape index (κ2) is 8.29. The van der Waals surface area contributed by atoms with Crippen molar-refractivity contribution in [3.8, 4) is 11.5 Å². The minimum absolute atomic E-state index is 0.0704. The molecule has 4 rings (SSSR count). The van der Waals surface area contributed by atoms with Gasteiger partial charge in [-0.1, -0.05) is 6.07 Å². The molecule has 154 valence electrons. The predicted octanol–water partition coefficient (Wildman–Crippen LogP) is 2.32. The van der Waals surface area contributed by atoms with Crippen molar-refractivity contribution < 1.29 is 14.3 Å². The van der Waals surface area contributed by atoms with Crippen LogP contribution in [0.25, 0.3) is 0 Å². The maximum absolute atomic E-state index is 11.7. The molecule has 3 aliphatic rings. The number of rotatable bonds is 6. The lowest BCUT2D eigenvalue weighted by Crippen LogP contribution is -2.60. The molecular formula is C22H33N3O3. The third kappa shape index (κ3) is 4.13. The van der Waals surface area contributed by atoms with Crippen LogP contribution < -0.4 is 20.1 Å². The summed E-state index contributed by atoms with van der Waals surface area (Å²) in [6.45, 7) is 6.35. The highest BCUT2D eigenvalue weighted by molar-refractivity contribution is 5.74. The molecule has 2 N–H and O–H groups in total. The minimum Gasteiger partial charge on any atom is -0.493 e. The zero-order chi connectivity index (χ0) is 19.6. The Morgan fingerprint density at radius 2 is 2.14 bits per heavy atom. The Kier molecular flexibility index (Phi) is 5.78. The molecule has 2 atom stereocenters. The lowest BCUT2D eigenvalue weighted by atomic mass is 9.80. The Bertz CT molecular complexity index is 704. The molecule has 2 heterocycles. The fraction of sp³-hybridized carbons (Fsp3) is 0.682. The first-order valence-electron chi connectivity index (χ1n) is 10.6.